The number of rotatable bonds is 6. The second kappa shape index (κ2) is 4.30. The van der Waals surface area contributed by atoms with Crippen LogP contribution in [0.5, 0.6) is 0 Å². The van der Waals surface area contributed by atoms with Gasteiger partial charge in [0, 0.05) is 6.54 Å². The van der Waals surface area contributed by atoms with Gasteiger partial charge in [-0.15, -0.1) is 0 Å². The van der Waals surface area contributed by atoms with Gasteiger partial charge in [0.25, 0.3) is 0 Å². The molecule has 0 heterocycles. The second-order valence-electron chi connectivity index (χ2n) is 4.66. The molecule has 2 atom stereocenters. The van der Waals surface area contributed by atoms with Crippen molar-refractivity contribution in [2.75, 3.05) is 6.54 Å². The van der Waals surface area contributed by atoms with E-state index in [1.807, 2.05) is 0 Å². The molecule has 14 heavy (non-hydrogen) atoms. The van der Waals surface area contributed by atoms with Gasteiger partial charge in [0.15, 0.2) is 0 Å². The first kappa shape index (κ1) is 11.5. The van der Waals surface area contributed by atoms with Crippen LogP contribution in [0.1, 0.15) is 39.5 Å². The zero-order chi connectivity index (χ0) is 10.8. The maximum absolute atomic E-state index is 11.3. The lowest BCUT2D eigenvalue weighted by Crippen LogP contribution is -2.42. The highest BCUT2D eigenvalue weighted by atomic mass is 16.4. The molecule has 0 spiro atoms. The average molecular weight is 199 g/mol. The predicted octanol–water partition coefficient (Wildman–Crippen LogP) is 1.86. The van der Waals surface area contributed by atoms with Gasteiger partial charge in [-0.05, 0) is 31.1 Å². The number of hydrogen-bond donors (Lipinski definition) is 2. The van der Waals surface area contributed by atoms with Crippen molar-refractivity contribution in [2.45, 2.75) is 39.5 Å². The second-order valence-corrected chi connectivity index (χ2v) is 4.66. The lowest BCUT2D eigenvalue weighted by atomic mass is 9.75. The average Bonchev–Trinajstić information content (AvgIpc) is 2.96. The highest BCUT2D eigenvalue weighted by molar-refractivity contribution is 5.76. The van der Waals surface area contributed by atoms with E-state index >= 15 is 0 Å². The van der Waals surface area contributed by atoms with E-state index in [0.29, 0.717) is 11.8 Å². The Hall–Kier alpha value is -0.570. The van der Waals surface area contributed by atoms with Crippen molar-refractivity contribution in [1.29, 1.82) is 0 Å². The van der Waals surface area contributed by atoms with Crippen molar-refractivity contribution in [3.05, 3.63) is 0 Å². The third-order valence-corrected chi connectivity index (χ3v) is 3.56. The zero-order valence-electron chi connectivity index (χ0n) is 9.12. The van der Waals surface area contributed by atoms with E-state index in [9.17, 15) is 9.90 Å². The van der Waals surface area contributed by atoms with Crippen LogP contribution in [0.25, 0.3) is 0 Å². The molecule has 1 fully saturated rings. The summed E-state index contributed by atoms with van der Waals surface area (Å²) in [5, 5.41) is 9.30. The quantitative estimate of drug-likeness (QED) is 0.686. The Bertz CT molecular complexity index is 213. The molecular weight excluding hydrogens is 178 g/mol. The molecule has 0 aromatic heterocycles. The van der Waals surface area contributed by atoms with Gasteiger partial charge in [-0.3, -0.25) is 4.79 Å². The van der Waals surface area contributed by atoms with E-state index in [0.717, 1.165) is 25.7 Å². The highest BCUT2D eigenvalue weighted by Crippen LogP contribution is 2.49. The number of nitrogens with two attached hydrogens (primary N) is 1. The Morgan fingerprint density at radius 2 is 2.21 bits per heavy atom. The summed E-state index contributed by atoms with van der Waals surface area (Å²) in [6.45, 7) is 4.49. The minimum atomic E-state index is -0.692. The Kier molecular flexibility index (Phi) is 3.53. The van der Waals surface area contributed by atoms with Gasteiger partial charge in [-0.2, -0.15) is 0 Å². The third-order valence-electron chi connectivity index (χ3n) is 3.56. The van der Waals surface area contributed by atoms with Gasteiger partial charge in [-0.1, -0.05) is 20.3 Å². The lowest BCUT2D eigenvalue weighted by Gasteiger charge is -2.30. The molecule has 3 nitrogen and oxygen atoms in total. The Labute approximate surface area is 85.7 Å². The predicted molar refractivity (Wildman–Crippen MR) is 55.9 cm³/mol. The normalized spacial score (nSPS) is 22.8. The standard InChI is InChI=1S/C11H21NO2/c1-3-8(2)6-11(7-12,10(13)14)9-4-5-9/h8-9H,3-7,12H2,1-2H3,(H,13,14). The molecule has 3 N–H and O–H groups in total. The zero-order valence-corrected chi connectivity index (χ0v) is 9.12. The van der Waals surface area contributed by atoms with E-state index in [1.54, 1.807) is 0 Å². The van der Waals surface area contributed by atoms with Crippen LogP contribution >= 0.6 is 0 Å². The minimum absolute atomic E-state index is 0.289. The Morgan fingerprint density at radius 1 is 1.64 bits per heavy atom. The van der Waals surface area contributed by atoms with Crippen molar-refractivity contribution >= 4 is 5.97 Å². The van der Waals surface area contributed by atoms with Crippen LogP contribution in [0.4, 0.5) is 0 Å². The Morgan fingerprint density at radius 3 is 2.50 bits per heavy atom. The van der Waals surface area contributed by atoms with Gasteiger partial charge in [0.05, 0.1) is 5.41 Å². The van der Waals surface area contributed by atoms with Crippen molar-refractivity contribution < 1.29 is 9.90 Å². The molecular formula is C11H21NO2. The molecule has 2 unspecified atom stereocenters. The molecule has 0 radical (unpaired) electrons. The summed E-state index contributed by atoms with van der Waals surface area (Å²) in [5.41, 5.74) is 5.04. The van der Waals surface area contributed by atoms with E-state index in [1.165, 1.54) is 0 Å². The van der Waals surface area contributed by atoms with Crippen LogP contribution in [0, 0.1) is 17.3 Å². The number of carboxylic acids is 1. The SMILES string of the molecule is CCC(C)CC(CN)(C(=O)O)C1CC1. The molecule has 0 amide bonds. The van der Waals surface area contributed by atoms with Crippen LogP contribution in [-0.2, 0) is 4.79 Å². The van der Waals surface area contributed by atoms with Gasteiger partial charge in [0.2, 0.25) is 0 Å². The fourth-order valence-corrected chi connectivity index (χ4v) is 2.17. The summed E-state index contributed by atoms with van der Waals surface area (Å²) < 4.78 is 0. The molecule has 3 heteroatoms. The van der Waals surface area contributed by atoms with Crippen molar-refractivity contribution in [3.8, 4) is 0 Å². The van der Waals surface area contributed by atoms with Crippen LogP contribution in [0.2, 0.25) is 0 Å². The molecule has 0 aromatic carbocycles. The first-order valence-corrected chi connectivity index (χ1v) is 5.50. The van der Waals surface area contributed by atoms with Crippen molar-refractivity contribution in [3.63, 3.8) is 0 Å². The molecule has 1 saturated carbocycles. The van der Waals surface area contributed by atoms with E-state index < -0.39 is 11.4 Å². The minimum Gasteiger partial charge on any atom is -0.481 e. The Balaban J connectivity index is 2.73. The molecule has 0 aromatic rings. The fraction of sp³-hybridized carbons (Fsp3) is 0.909. The van der Waals surface area contributed by atoms with Gasteiger partial charge in [0.1, 0.15) is 0 Å². The molecule has 0 bridgehead atoms. The van der Waals surface area contributed by atoms with Gasteiger partial charge >= 0.3 is 5.97 Å². The number of hydrogen-bond acceptors (Lipinski definition) is 2. The number of carboxylic acid groups (broad SMARTS) is 1. The van der Waals surface area contributed by atoms with Crippen LogP contribution < -0.4 is 5.73 Å². The maximum Gasteiger partial charge on any atom is 0.311 e. The fourth-order valence-electron chi connectivity index (χ4n) is 2.17. The summed E-state index contributed by atoms with van der Waals surface area (Å²) in [4.78, 5) is 11.3. The van der Waals surface area contributed by atoms with E-state index in [-0.39, 0.29) is 6.54 Å². The third kappa shape index (κ3) is 2.08. The van der Waals surface area contributed by atoms with Crippen molar-refractivity contribution in [2.24, 2.45) is 23.0 Å². The smallest absolute Gasteiger partial charge is 0.311 e. The molecule has 1 rings (SSSR count). The summed E-state index contributed by atoms with van der Waals surface area (Å²) >= 11 is 0. The highest BCUT2D eigenvalue weighted by Gasteiger charge is 2.50. The molecule has 0 aliphatic heterocycles. The summed E-state index contributed by atoms with van der Waals surface area (Å²) in [6, 6.07) is 0. The first-order chi connectivity index (χ1) is 6.56. The topological polar surface area (TPSA) is 63.3 Å². The molecule has 0 saturated heterocycles. The molecule has 82 valence electrons. The van der Waals surface area contributed by atoms with E-state index in [4.69, 9.17) is 5.73 Å². The first-order valence-electron chi connectivity index (χ1n) is 5.50. The van der Waals surface area contributed by atoms with Crippen LogP contribution in [0.3, 0.4) is 0 Å². The van der Waals surface area contributed by atoms with E-state index in [2.05, 4.69) is 13.8 Å². The summed E-state index contributed by atoms with van der Waals surface area (Å²) in [6.07, 6.45) is 3.85. The molecule has 1 aliphatic rings. The van der Waals surface area contributed by atoms with Gasteiger partial charge < -0.3 is 10.8 Å². The molecule has 1 aliphatic carbocycles. The maximum atomic E-state index is 11.3. The van der Waals surface area contributed by atoms with Crippen molar-refractivity contribution in [1.82, 2.24) is 0 Å². The summed E-state index contributed by atoms with van der Waals surface area (Å²) in [5.74, 6) is 0.0945. The lowest BCUT2D eigenvalue weighted by molar-refractivity contribution is -0.151. The van der Waals surface area contributed by atoms with Crippen LogP contribution in [-0.4, -0.2) is 17.6 Å². The number of carbonyl (C=O) groups is 1. The largest absolute Gasteiger partial charge is 0.481 e. The summed E-state index contributed by atoms with van der Waals surface area (Å²) in [7, 11) is 0. The monoisotopic (exact) mass is 199 g/mol. The van der Waals surface area contributed by atoms with Gasteiger partial charge in [-0.25, -0.2) is 0 Å². The number of aliphatic carboxylic acids is 1. The van der Waals surface area contributed by atoms with Crippen LogP contribution in [0.15, 0.2) is 0 Å².